The molecule has 0 heterocycles. The molecule has 0 bridgehead atoms. The van der Waals surface area contributed by atoms with Crippen molar-refractivity contribution in [2.24, 2.45) is 0 Å². The van der Waals surface area contributed by atoms with Crippen LogP contribution in [0.4, 0.5) is 0 Å². The number of ketones is 1. The van der Waals surface area contributed by atoms with Crippen LogP contribution in [-0.2, 0) is 11.2 Å². The average Bonchev–Trinajstić information content (AvgIpc) is 2.25. The molecule has 0 unspecified atom stereocenters. The van der Waals surface area contributed by atoms with Gasteiger partial charge in [0, 0.05) is 17.0 Å². The minimum Gasteiger partial charge on any atom is -0.302 e. The topological polar surface area (TPSA) is 29.1 Å². The minimum atomic E-state index is -0.145. The molecule has 3 heteroatoms. The fourth-order valence-electron chi connectivity index (χ4n) is 1.91. The Balaban J connectivity index is 2.81. The van der Waals surface area contributed by atoms with Gasteiger partial charge in [0.2, 0.25) is 0 Å². The molecule has 1 aromatic carbocycles. The highest BCUT2D eigenvalue weighted by Crippen LogP contribution is 2.14. The van der Waals surface area contributed by atoms with E-state index in [1.54, 1.807) is 0 Å². The summed E-state index contributed by atoms with van der Waals surface area (Å²) in [7, 11) is 0. The molecular formula is C15H22ClNO. The summed E-state index contributed by atoms with van der Waals surface area (Å²) >= 11 is 5.97. The van der Waals surface area contributed by atoms with E-state index in [1.165, 1.54) is 0 Å². The second-order valence-corrected chi connectivity index (χ2v) is 6.04. The number of benzene rings is 1. The fraction of sp³-hybridized carbons (Fsp3) is 0.533. The zero-order valence-electron chi connectivity index (χ0n) is 11.6. The maximum atomic E-state index is 12.0. The molecule has 18 heavy (non-hydrogen) atoms. The Morgan fingerprint density at radius 2 is 2.06 bits per heavy atom. The standard InChI is InChI=1S/C15H22ClNO/c1-5-14(18)13(17-15(2,3)4)10-11-7-6-8-12(16)9-11/h6-9,13,17H,5,10H2,1-4H3/t13-/m0/s1. The quantitative estimate of drug-likeness (QED) is 0.883. The lowest BCUT2D eigenvalue weighted by Gasteiger charge is -2.27. The van der Waals surface area contributed by atoms with Gasteiger partial charge in [-0.15, -0.1) is 0 Å². The highest BCUT2D eigenvalue weighted by molar-refractivity contribution is 6.30. The van der Waals surface area contributed by atoms with Gasteiger partial charge in [-0.05, 0) is 44.9 Å². The van der Waals surface area contributed by atoms with Gasteiger partial charge in [0.15, 0.2) is 0 Å². The first-order valence-electron chi connectivity index (χ1n) is 6.36. The van der Waals surface area contributed by atoms with E-state index in [2.05, 4.69) is 26.1 Å². The van der Waals surface area contributed by atoms with Gasteiger partial charge in [-0.2, -0.15) is 0 Å². The Bertz CT molecular complexity index is 409. The SMILES string of the molecule is CCC(=O)[C@H](Cc1cccc(Cl)c1)NC(C)(C)C. The molecule has 1 aromatic rings. The lowest BCUT2D eigenvalue weighted by molar-refractivity contribution is -0.121. The highest BCUT2D eigenvalue weighted by atomic mass is 35.5. The first-order valence-corrected chi connectivity index (χ1v) is 6.74. The van der Waals surface area contributed by atoms with E-state index < -0.39 is 0 Å². The maximum absolute atomic E-state index is 12.0. The first kappa shape index (κ1) is 15.2. The Kier molecular flexibility index (Phi) is 5.36. The number of hydrogen-bond donors (Lipinski definition) is 1. The summed E-state index contributed by atoms with van der Waals surface area (Å²) in [6.45, 7) is 8.11. The molecule has 1 atom stereocenters. The molecule has 0 saturated heterocycles. The predicted octanol–water partition coefficient (Wildman–Crippen LogP) is 3.62. The van der Waals surface area contributed by atoms with Crippen LogP contribution in [0.5, 0.6) is 0 Å². The minimum absolute atomic E-state index is 0.0753. The second kappa shape index (κ2) is 6.35. The van der Waals surface area contributed by atoms with Gasteiger partial charge in [0.1, 0.15) is 5.78 Å². The molecular weight excluding hydrogens is 246 g/mol. The lowest BCUT2D eigenvalue weighted by Crippen LogP contribution is -2.48. The molecule has 2 nitrogen and oxygen atoms in total. The van der Waals surface area contributed by atoms with Crippen LogP contribution in [0.2, 0.25) is 5.02 Å². The Morgan fingerprint density at radius 3 is 2.56 bits per heavy atom. The number of nitrogens with one attached hydrogen (secondary N) is 1. The fourth-order valence-corrected chi connectivity index (χ4v) is 2.13. The van der Waals surface area contributed by atoms with E-state index in [0.29, 0.717) is 17.9 Å². The van der Waals surface area contributed by atoms with E-state index in [4.69, 9.17) is 11.6 Å². The van der Waals surface area contributed by atoms with Crippen LogP contribution in [0.1, 0.15) is 39.7 Å². The molecule has 0 aliphatic rings. The highest BCUT2D eigenvalue weighted by Gasteiger charge is 2.22. The normalized spacial score (nSPS) is 13.4. The van der Waals surface area contributed by atoms with Crippen molar-refractivity contribution in [2.45, 2.75) is 52.1 Å². The van der Waals surface area contributed by atoms with Crippen LogP contribution in [0.3, 0.4) is 0 Å². The van der Waals surface area contributed by atoms with E-state index >= 15 is 0 Å². The summed E-state index contributed by atoms with van der Waals surface area (Å²) in [5, 5.41) is 4.10. The third kappa shape index (κ3) is 5.19. The van der Waals surface area contributed by atoms with Crippen LogP contribution < -0.4 is 5.32 Å². The van der Waals surface area contributed by atoms with Crippen molar-refractivity contribution in [3.8, 4) is 0 Å². The van der Waals surface area contributed by atoms with E-state index in [-0.39, 0.29) is 17.4 Å². The average molecular weight is 268 g/mol. The number of rotatable bonds is 5. The summed E-state index contributed by atoms with van der Waals surface area (Å²) < 4.78 is 0. The summed E-state index contributed by atoms with van der Waals surface area (Å²) in [5.74, 6) is 0.241. The van der Waals surface area contributed by atoms with Crippen LogP contribution >= 0.6 is 11.6 Å². The van der Waals surface area contributed by atoms with Crippen LogP contribution in [-0.4, -0.2) is 17.4 Å². The van der Waals surface area contributed by atoms with Gasteiger partial charge in [-0.25, -0.2) is 0 Å². The molecule has 0 aliphatic heterocycles. The third-order valence-corrected chi connectivity index (χ3v) is 2.91. The lowest BCUT2D eigenvalue weighted by atomic mass is 9.97. The second-order valence-electron chi connectivity index (χ2n) is 5.60. The van der Waals surface area contributed by atoms with Crippen molar-refractivity contribution >= 4 is 17.4 Å². The van der Waals surface area contributed by atoms with E-state index in [1.807, 2.05) is 31.2 Å². The summed E-state index contributed by atoms with van der Waals surface area (Å²) in [5.41, 5.74) is 1.01. The van der Waals surface area contributed by atoms with Crippen molar-refractivity contribution < 1.29 is 4.79 Å². The Labute approximate surface area is 115 Å². The van der Waals surface area contributed by atoms with Gasteiger partial charge in [-0.1, -0.05) is 30.7 Å². The van der Waals surface area contributed by atoms with Crippen molar-refractivity contribution in [3.05, 3.63) is 34.9 Å². The third-order valence-electron chi connectivity index (χ3n) is 2.67. The molecule has 0 aliphatic carbocycles. The Hall–Kier alpha value is -0.860. The molecule has 0 fully saturated rings. The summed E-state index contributed by atoms with van der Waals surface area (Å²) in [6.07, 6.45) is 1.23. The molecule has 0 spiro atoms. The zero-order chi connectivity index (χ0) is 13.8. The van der Waals surface area contributed by atoms with E-state index in [0.717, 1.165) is 5.56 Å². The van der Waals surface area contributed by atoms with Crippen LogP contribution in [0.25, 0.3) is 0 Å². The van der Waals surface area contributed by atoms with Gasteiger partial charge in [-0.3, -0.25) is 4.79 Å². The molecule has 0 aromatic heterocycles. The molecule has 100 valence electrons. The molecule has 0 radical (unpaired) electrons. The number of hydrogen-bond acceptors (Lipinski definition) is 2. The first-order chi connectivity index (χ1) is 8.31. The number of halogens is 1. The molecule has 1 N–H and O–H groups in total. The van der Waals surface area contributed by atoms with Crippen LogP contribution in [0.15, 0.2) is 24.3 Å². The predicted molar refractivity (Wildman–Crippen MR) is 77.1 cm³/mol. The van der Waals surface area contributed by atoms with Crippen molar-refractivity contribution in [1.29, 1.82) is 0 Å². The van der Waals surface area contributed by atoms with Crippen molar-refractivity contribution in [1.82, 2.24) is 5.32 Å². The van der Waals surface area contributed by atoms with Crippen LogP contribution in [0, 0.1) is 0 Å². The smallest absolute Gasteiger partial charge is 0.149 e. The van der Waals surface area contributed by atoms with E-state index in [9.17, 15) is 4.79 Å². The number of Topliss-reactive ketones (excluding diaryl/α,β-unsaturated/α-hetero) is 1. The Morgan fingerprint density at radius 1 is 1.39 bits per heavy atom. The zero-order valence-corrected chi connectivity index (χ0v) is 12.3. The number of carbonyl (C=O) groups excluding carboxylic acids is 1. The maximum Gasteiger partial charge on any atom is 0.149 e. The van der Waals surface area contributed by atoms with Gasteiger partial charge in [0.05, 0.1) is 6.04 Å². The molecule has 1 rings (SSSR count). The van der Waals surface area contributed by atoms with Gasteiger partial charge in [0.25, 0.3) is 0 Å². The number of carbonyl (C=O) groups is 1. The van der Waals surface area contributed by atoms with Gasteiger partial charge < -0.3 is 5.32 Å². The largest absolute Gasteiger partial charge is 0.302 e. The van der Waals surface area contributed by atoms with Gasteiger partial charge >= 0.3 is 0 Å². The summed E-state index contributed by atoms with van der Waals surface area (Å²) in [6, 6.07) is 7.54. The van der Waals surface area contributed by atoms with Crippen molar-refractivity contribution in [2.75, 3.05) is 0 Å². The monoisotopic (exact) mass is 267 g/mol. The van der Waals surface area contributed by atoms with Crippen molar-refractivity contribution in [3.63, 3.8) is 0 Å². The molecule has 0 saturated carbocycles. The molecule has 0 amide bonds. The summed E-state index contributed by atoms with van der Waals surface area (Å²) in [4.78, 5) is 12.0.